The van der Waals surface area contributed by atoms with E-state index < -0.39 is 0 Å². The smallest absolute Gasteiger partial charge is 0.234 e. The predicted molar refractivity (Wildman–Crippen MR) is 120 cm³/mol. The van der Waals surface area contributed by atoms with Crippen LogP contribution < -0.4 is 10.6 Å². The molecule has 2 N–H and O–H groups in total. The van der Waals surface area contributed by atoms with Crippen molar-refractivity contribution in [2.75, 3.05) is 31.5 Å². The first kappa shape index (κ1) is 20.7. The number of anilines is 1. The van der Waals surface area contributed by atoms with E-state index in [2.05, 4.69) is 30.8 Å². The number of nitrogens with one attached hydrogen (secondary N) is 2. The Balaban J connectivity index is 1.29. The Kier molecular flexibility index (Phi) is 6.01. The lowest BCUT2D eigenvalue weighted by molar-refractivity contribution is -0.124. The Morgan fingerprint density at radius 2 is 2.00 bits per heavy atom. The second-order valence-corrected chi connectivity index (χ2v) is 9.70. The predicted octanol–water partition coefficient (Wildman–Crippen LogP) is 2.89. The maximum Gasteiger partial charge on any atom is 0.234 e. The second-order valence-electron chi connectivity index (χ2n) is 8.92. The summed E-state index contributed by atoms with van der Waals surface area (Å²) in [5, 5.41) is 23.8. The van der Waals surface area contributed by atoms with Crippen LogP contribution in [0.5, 0.6) is 0 Å². The molecule has 30 heavy (non-hydrogen) atoms. The molecule has 0 saturated carbocycles. The topological polar surface area (TPSA) is 87.5 Å². The first-order valence-corrected chi connectivity index (χ1v) is 11.3. The molecular formula is C21H29N7OS. The molecule has 1 amide bonds. The molecule has 0 atom stereocenters. The van der Waals surface area contributed by atoms with Crippen molar-refractivity contribution in [3.05, 3.63) is 29.0 Å². The van der Waals surface area contributed by atoms with Gasteiger partial charge in [0.15, 0.2) is 11.5 Å². The fourth-order valence-corrected chi connectivity index (χ4v) is 4.35. The van der Waals surface area contributed by atoms with Crippen molar-refractivity contribution in [2.24, 2.45) is 5.92 Å². The summed E-state index contributed by atoms with van der Waals surface area (Å²) in [6.07, 6.45) is 2.15. The van der Waals surface area contributed by atoms with E-state index in [1.807, 2.05) is 49.7 Å². The van der Waals surface area contributed by atoms with E-state index in [0.29, 0.717) is 12.5 Å². The highest BCUT2D eigenvalue weighted by Gasteiger charge is 2.22. The van der Waals surface area contributed by atoms with Crippen LogP contribution >= 0.6 is 11.3 Å². The van der Waals surface area contributed by atoms with E-state index in [4.69, 9.17) is 0 Å². The Bertz CT molecular complexity index is 985. The SMILES string of the molecule is CC(C)(C)NC(=O)CN1CCC(CNc2ccc3nnc(-c4ccsc4)n3n2)CC1. The summed E-state index contributed by atoms with van der Waals surface area (Å²) in [4.78, 5) is 14.4. The number of likely N-dealkylation sites (tertiary alicyclic amines) is 1. The van der Waals surface area contributed by atoms with Crippen LogP contribution in [-0.4, -0.2) is 62.3 Å². The van der Waals surface area contributed by atoms with E-state index in [9.17, 15) is 4.79 Å². The van der Waals surface area contributed by atoms with Crippen molar-refractivity contribution in [3.8, 4) is 11.4 Å². The zero-order valence-electron chi connectivity index (χ0n) is 17.8. The number of hydrogen-bond acceptors (Lipinski definition) is 7. The van der Waals surface area contributed by atoms with Crippen LogP contribution in [-0.2, 0) is 4.79 Å². The summed E-state index contributed by atoms with van der Waals surface area (Å²) < 4.78 is 1.79. The average Bonchev–Trinajstić information content (AvgIpc) is 3.35. The van der Waals surface area contributed by atoms with Gasteiger partial charge in [-0.2, -0.15) is 15.9 Å². The number of thiophene rings is 1. The van der Waals surface area contributed by atoms with Gasteiger partial charge in [-0.15, -0.1) is 15.3 Å². The molecule has 0 radical (unpaired) electrons. The fourth-order valence-electron chi connectivity index (χ4n) is 3.71. The summed E-state index contributed by atoms with van der Waals surface area (Å²) in [6.45, 7) is 9.28. The van der Waals surface area contributed by atoms with Crippen LogP contribution in [0.2, 0.25) is 0 Å². The van der Waals surface area contributed by atoms with Crippen LogP contribution in [0.1, 0.15) is 33.6 Å². The number of carbonyl (C=O) groups excluding carboxylic acids is 1. The Morgan fingerprint density at radius 1 is 1.20 bits per heavy atom. The highest BCUT2D eigenvalue weighted by molar-refractivity contribution is 7.08. The minimum absolute atomic E-state index is 0.104. The molecule has 160 valence electrons. The number of amides is 1. The molecule has 1 fully saturated rings. The molecule has 8 nitrogen and oxygen atoms in total. The molecule has 0 unspecified atom stereocenters. The average molecular weight is 428 g/mol. The quantitative estimate of drug-likeness (QED) is 0.629. The molecule has 0 bridgehead atoms. The monoisotopic (exact) mass is 427 g/mol. The zero-order valence-corrected chi connectivity index (χ0v) is 18.6. The van der Waals surface area contributed by atoms with Gasteiger partial charge in [0.05, 0.1) is 6.54 Å². The zero-order chi connectivity index (χ0) is 21.1. The summed E-state index contributed by atoms with van der Waals surface area (Å²) in [5.74, 6) is 2.26. The molecule has 3 aromatic heterocycles. The molecule has 0 aromatic carbocycles. The largest absolute Gasteiger partial charge is 0.368 e. The lowest BCUT2D eigenvalue weighted by Gasteiger charge is -2.32. The highest BCUT2D eigenvalue weighted by atomic mass is 32.1. The molecular weight excluding hydrogens is 398 g/mol. The Labute approximate surface area is 180 Å². The van der Waals surface area contributed by atoms with Gasteiger partial charge in [-0.3, -0.25) is 9.69 Å². The van der Waals surface area contributed by atoms with Gasteiger partial charge < -0.3 is 10.6 Å². The van der Waals surface area contributed by atoms with E-state index in [0.717, 1.165) is 55.3 Å². The molecule has 0 spiro atoms. The van der Waals surface area contributed by atoms with Gasteiger partial charge in [0.25, 0.3) is 0 Å². The van der Waals surface area contributed by atoms with Crippen molar-refractivity contribution in [2.45, 2.75) is 39.2 Å². The van der Waals surface area contributed by atoms with Gasteiger partial charge in [0, 0.05) is 23.0 Å². The van der Waals surface area contributed by atoms with Gasteiger partial charge in [-0.1, -0.05) is 0 Å². The maximum atomic E-state index is 12.1. The van der Waals surface area contributed by atoms with Gasteiger partial charge in [0.1, 0.15) is 5.82 Å². The van der Waals surface area contributed by atoms with E-state index in [1.54, 1.807) is 15.9 Å². The number of nitrogens with zero attached hydrogens (tertiary/aromatic N) is 5. The number of fused-ring (bicyclic) bond motifs is 1. The summed E-state index contributed by atoms with van der Waals surface area (Å²) in [6, 6.07) is 5.92. The van der Waals surface area contributed by atoms with Gasteiger partial charge in [-0.05, 0) is 76.2 Å². The lowest BCUT2D eigenvalue weighted by atomic mass is 9.96. The number of rotatable bonds is 6. The van der Waals surface area contributed by atoms with E-state index >= 15 is 0 Å². The highest BCUT2D eigenvalue weighted by Crippen LogP contribution is 2.22. The van der Waals surface area contributed by atoms with Gasteiger partial charge >= 0.3 is 0 Å². The van der Waals surface area contributed by atoms with Gasteiger partial charge in [-0.25, -0.2) is 0 Å². The second kappa shape index (κ2) is 8.69. The molecule has 0 aliphatic carbocycles. The first-order chi connectivity index (χ1) is 14.4. The molecule has 4 heterocycles. The van der Waals surface area contributed by atoms with Crippen molar-refractivity contribution < 1.29 is 4.79 Å². The number of carbonyl (C=O) groups is 1. The third kappa shape index (κ3) is 5.14. The summed E-state index contributed by atoms with van der Waals surface area (Å²) in [7, 11) is 0. The van der Waals surface area contributed by atoms with Crippen LogP contribution in [0, 0.1) is 5.92 Å². The molecule has 3 aromatic rings. The van der Waals surface area contributed by atoms with Crippen LogP contribution in [0.15, 0.2) is 29.0 Å². The lowest BCUT2D eigenvalue weighted by Crippen LogP contribution is -2.47. The minimum Gasteiger partial charge on any atom is -0.368 e. The number of aromatic nitrogens is 4. The number of piperidine rings is 1. The maximum absolute atomic E-state index is 12.1. The minimum atomic E-state index is -0.179. The van der Waals surface area contributed by atoms with E-state index in [1.165, 1.54) is 0 Å². The van der Waals surface area contributed by atoms with Crippen LogP contribution in [0.4, 0.5) is 5.82 Å². The third-order valence-corrected chi connectivity index (χ3v) is 5.89. The molecule has 9 heteroatoms. The van der Waals surface area contributed by atoms with Crippen LogP contribution in [0.3, 0.4) is 0 Å². The number of hydrogen-bond donors (Lipinski definition) is 2. The molecule has 4 rings (SSSR count). The standard InChI is InChI=1S/C21H29N7OS/c1-21(2,3)23-19(29)13-27-9-6-15(7-10-27)12-22-17-4-5-18-24-25-20(28(18)26-17)16-8-11-30-14-16/h4-5,8,11,14-15H,6-7,9-10,12-13H2,1-3H3,(H,22,26)(H,23,29). The Morgan fingerprint density at radius 3 is 2.70 bits per heavy atom. The Hall–Kier alpha value is -2.52. The van der Waals surface area contributed by atoms with Crippen LogP contribution in [0.25, 0.3) is 17.0 Å². The molecule has 1 saturated heterocycles. The molecule has 1 aliphatic heterocycles. The van der Waals surface area contributed by atoms with Crippen molar-refractivity contribution >= 4 is 28.7 Å². The first-order valence-electron chi connectivity index (χ1n) is 10.4. The van der Waals surface area contributed by atoms with E-state index in [-0.39, 0.29) is 11.4 Å². The summed E-state index contributed by atoms with van der Waals surface area (Å²) >= 11 is 1.63. The normalized spacial score (nSPS) is 16.1. The van der Waals surface area contributed by atoms with Crippen molar-refractivity contribution in [1.82, 2.24) is 30.0 Å². The summed E-state index contributed by atoms with van der Waals surface area (Å²) in [5.41, 5.74) is 1.59. The fraction of sp³-hybridized carbons (Fsp3) is 0.524. The van der Waals surface area contributed by atoms with Crippen molar-refractivity contribution in [3.63, 3.8) is 0 Å². The van der Waals surface area contributed by atoms with Crippen molar-refractivity contribution in [1.29, 1.82) is 0 Å². The third-order valence-electron chi connectivity index (χ3n) is 5.20. The van der Waals surface area contributed by atoms with Gasteiger partial charge in [0.2, 0.25) is 5.91 Å². The molecule has 1 aliphatic rings.